The van der Waals surface area contributed by atoms with Gasteiger partial charge in [-0.05, 0) is 84.4 Å². The average Bonchev–Trinajstić information content (AvgIpc) is 3.20. The van der Waals surface area contributed by atoms with Crippen LogP contribution in [-0.2, 0) is 11.4 Å². The van der Waals surface area contributed by atoms with Crippen LogP contribution in [0.15, 0.2) is 75.0 Å². The van der Waals surface area contributed by atoms with Crippen LogP contribution in [-0.4, -0.2) is 24.8 Å². The largest absolute Gasteiger partial charge is 0.497 e. The van der Waals surface area contributed by atoms with Crippen molar-refractivity contribution in [3.8, 4) is 17.2 Å². The predicted octanol–water partition coefficient (Wildman–Crippen LogP) is 6.98. The molecule has 0 aliphatic carbocycles. The predicted molar refractivity (Wildman–Crippen MR) is 145 cm³/mol. The number of ether oxygens (including phenoxy) is 3. The first-order valence-electron chi connectivity index (χ1n) is 10.7. The number of thioether (sulfide) groups is 1. The van der Waals surface area contributed by atoms with Crippen LogP contribution < -0.4 is 19.5 Å². The van der Waals surface area contributed by atoms with Crippen molar-refractivity contribution in [2.75, 3.05) is 13.7 Å². The Morgan fingerprint density at radius 3 is 2.46 bits per heavy atom. The second-order valence-corrected chi connectivity index (χ2v) is 9.67. The van der Waals surface area contributed by atoms with E-state index < -0.39 is 0 Å². The molecule has 1 aliphatic heterocycles. The third-order valence-electron chi connectivity index (χ3n) is 4.91. The molecule has 6 nitrogen and oxygen atoms in total. The molecule has 0 saturated carbocycles. The van der Waals surface area contributed by atoms with Gasteiger partial charge in [-0.15, -0.1) is 0 Å². The lowest BCUT2D eigenvalue weighted by atomic mass is 10.1. The van der Waals surface area contributed by atoms with E-state index in [1.807, 2.05) is 67.6 Å². The number of carbonyl (C=O) groups is 1. The summed E-state index contributed by atoms with van der Waals surface area (Å²) in [5.74, 6) is 1.72. The van der Waals surface area contributed by atoms with Crippen LogP contribution in [0.1, 0.15) is 18.1 Å². The van der Waals surface area contributed by atoms with Crippen molar-refractivity contribution in [3.05, 3.63) is 86.2 Å². The van der Waals surface area contributed by atoms with Gasteiger partial charge in [0.1, 0.15) is 12.4 Å². The number of aliphatic imine (C=N–C) groups is 1. The maximum Gasteiger partial charge on any atom is 0.264 e. The monoisotopic (exact) mass is 572 g/mol. The number of benzene rings is 3. The van der Waals surface area contributed by atoms with Gasteiger partial charge in [-0.25, -0.2) is 4.99 Å². The number of hydrogen-bond donors (Lipinski definition) is 1. The van der Waals surface area contributed by atoms with Crippen molar-refractivity contribution in [2.45, 2.75) is 13.5 Å². The summed E-state index contributed by atoms with van der Waals surface area (Å²) in [6.45, 7) is 2.75. The molecule has 0 aromatic heterocycles. The van der Waals surface area contributed by atoms with Gasteiger partial charge in [-0.2, -0.15) is 0 Å². The van der Waals surface area contributed by atoms with Crippen LogP contribution in [0.25, 0.3) is 6.08 Å². The molecule has 1 saturated heterocycles. The molecule has 1 heterocycles. The molecule has 180 valence electrons. The Labute approximate surface area is 221 Å². The fourth-order valence-corrected chi connectivity index (χ4v) is 4.58. The Balaban J connectivity index is 1.53. The van der Waals surface area contributed by atoms with E-state index in [-0.39, 0.29) is 5.91 Å². The number of halogens is 2. The molecule has 9 heteroatoms. The van der Waals surface area contributed by atoms with Crippen LogP contribution in [0.3, 0.4) is 0 Å². The summed E-state index contributed by atoms with van der Waals surface area (Å²) < 4.78 is 17.8. The molecule has 0 unspecified atom stereocenters. The summed E-state index contributed by atoms with van der Waals surface area (Å²) in [4.78, 5) is 17.6. The lowest BCUT2D eigenvalue weighted by Gasteiger charge is -2.14. The second kappa shape index (κ2) is 11.7. The van der Waals surface area contributed by atoms with E-state index in [9.17, 15) is 4.79 Å². The van der Waals surface area contributed by atoms with E-state index in [4.69, 9.17) is 25.8 Å². The Morgan fingerprint density at radius 1 is 1.06 bits per heavy atom. The first-order chi connectivity index (χ1) is 16.9. The highest BCUT2D eigenvalue weighted by Gasteiger charge is 2.24. The third-order valence-corrected chi connectivity index (χ3v) is 6.76. The Kier molecular flexibility index (Phi) is 8.38. The lowest BCUT2D eigenvalue weighted by Crippen LogP contribution is -2.19. The summed E-state index contributed by atoms with van der Waals surface area (Å²) in [7, 11) is 1.61. The van der Waals surface area contributed by atoms with Crippen molar-refractivity contribution >= 4 is 62.1 Å². The molecule has 0 radical (unpaired) electrons. The van der Waals surface area contributed by atoms with Gasteiger partial charge >= 0.3 is 0 Å². The van der Waals surface area contributed by atoms with E-state index >= 15 is 0 Å². The Morgan fingerprint density at radius 2 is 1.77 bits per heavy atom. The molecule has 0 atom stereocenters. The summed E-state index contributed by atoms with van der Waals surface area (Å²) in [5, 5.41) is 3.99. The number of nitrogens with zero attached hydrogens (tertiary/aromatic N) is 1. The van der Waals surface area contributed by atoms with Crippen LogP contribution in [0.4, 0.5) is 5.69 Å². The van der Waals surface area contributed by atoms with Gasteiger partial charge in [-0.1, -0.05) is 39.7 Å². The molecular weight excluding hydrogens is 552 g/mol. The van der Waals surface area contributed by atoms with E-state index in [2.05, 4.69) is 26.2 Å². The molecule has 1 N–H and O–H groups in total. The number of hydrogen-bond acceptors (Lipinski definition) is 6. The van der Waals surface area contributed by atoms with E-state index in [0.29, 0.717) is 39.8 Å². The summed E-state index contributed by atoms with van der Waals surface area (Å²) in [5.41, 5.74) is 2.49. The molecule has 35 heavy (non-hydrogen) atoms. The van der Waals surface area contributed by atoms with Gasteiger partial charge in [-0.3, -0.25) is 4.79 Å². The zero-order valence-electron chi connectivity index (χ0n) is 19.0. The number of nitrogens with one attached hydrogen (secondary N) is 1. The van der Waals surface area contributed by atoms with Gasteiger partial charge in [0.05, 0.1) is 24.3 Å². The molecule has 1 amide bonds. The molecular formula is C26H22BrClN2O4S. The fraction of sp³-hybridized carbons (Fsp3) is 0.154. The molecule has 3 aromatic rings. The minimum absolute atomic E-state index is 0.213. The van der Waals surface area contributed by atoms with Crippen LogP contribution in [0.5, 0.6) is 17.2 Å². The number of amidine groups is 1. The molecule has 0 spiro atoms. The molecule has 0 bridgehead atoms. The summed E-state index contributed by atoms with van der Waals surface area (Å²) >= 11 is 10.8. The number of carbonyl (C=O) groups excluding carboxylic acids is 1. The standard InChI is InChI=1S/C26H22BrClN2O4S/c1-3-33-22-12-17(21(27)14-23(22)34-15-16-4-6-18(28)7-5-16)13-24-25(31)30-26(35-24)29-19-8-10-20(32-2)11-9-19/h4-14H,3,15H2,1-2H3,(H,29,30,31)/b24-13+. The highest BCUT2D eigenvalue weighted by Crippen LogP contribution is 2.37. The van der Waals surface area contributed by atoms with E-state index in [0.717, 1.165) is 27.0 Å². The average molecular weight is 574 g/mol. The van der Waals surface area contributed by atoms with Crippen molar-refractivity contribution < 1.29 is 19.0 Å². The first kappa shape index (κ1) is 25.2. The van der Waals surface area contributed by atoms with Gasteiger partial charge < -0.3 is 19.5 Å². The highest BCUT2D eigenvalue weighted by molar-refractivity contribution is 9.10. The first-order valence-corrected chi connectivity index (χ1v) is 12.7. The summed E-state index contributed by atoms with van der Waals surface area (Å²) in [6.07, 6.45) is 1.80. The minimum atomic E-state index is -0.213. The van der Waals surface area contributed by atoms with Crippen molar-refractivity contribution in [2.24, 2.45) is 4.99 Å². The van der Waals surface area contributed by atoms with E-state index in [1.165, 1.54) is 11.8 Å². The quantitative estimate of drug-likeness (QED) is 0.295. The van der Waals surface area contributed by atoms with Crippen LogP contribution >= 0.6 is 39.3 Å². The Bertz CT molecular complexity index is 1280. The highest BCUT2D eigenvalue weighted by atomic mass is 79.9. The topological polar surface area (TPSA) is 69.2 Å². The maximum atomic E-state index is 12.6. The van der Waals surface area contributed by atoms with Crippen molar-refractivity contribution in [3.63, 3.8) is 0 Å². The number of methoxy groups -OCH3 is 1. The van der Waals surface area contributed by atoms with E-state index in [1.54, 1.807) is 13.2 Å². The SMILES string of the molecule is CCOc1cc(/C=C2/SC(=Nc3ccc(OC)cc3)NC2=O)c(Br)cc1OCc1ccc(Cl)cc1. The van der Waals surface area contributed by atoms with Crippen LogP contribution in [0.2, 0.25) is 5.02 Å². The van der Waals surface area contributed by atoms with Crippen LogP contribution in [0, 0.1) is 0 Å². The van der Waals surface area contributed by atoms with Gasteiger partial charge in [0, 0.05) is 9.50 Å². The number of amides is 1. The van der Waals surface area contributed by atoms with Crippen molar-refractivity contribution in [1.82, 2.24) is 5.32 Å². The van der Waals surface area contributed by atoms with Crippen molar-refractivity contribution in [1.29, 1.82) is 0 Å². The summed E-state index contributed by atoms with van der Waals surface area (Å²) in [6, 6.07) is 18.5. The number of rotatable bonds is 8. The molecule has 4 rings (SSSR count). The third kappa shape index (κ3) is 6.60. The smallest absolute Gasteiger partial charge is 0.264 e. The minimum Gasteiger partial charge on any atom is -0.497 e. The zero-order chi connectivity index (χ0) is 24.8. The maximum absolute atomic E-state index is 12.6. The van der Waals surface area contributed by atoms with Gasteiger partial charge in [0.2, 0.25) is 0 Å². The normalized spacial score (nSPS) is 15.4. The van der Waals surface area contributed by atoms with Gasteiger partial charge in [0.25, 0.3) is 5.91 Å². The van der Waals surface area contributed by atoms with Gasteiger partial charge in [0.15, 0.2) is 16.7 Å². The zero-order valence-corrected chi connectivity index (χ0v) is 22.2. The fourth-order valence-electron chi connectivity index (χ4n) is 3.18. The molecule has 1 aliphatic rings. The lowest BCUT2D eigenvalue weighted by molar-refractivity contribution is -0.115. The second-order valence-electron chi connectivity index (χ2n) is 7.35. The molecule has 1 fully saturated rings. The Hall–Kier alpha value is -2.94. The molecule has 3 aromatic carbocycles.